The fourth-order valence-electron chi connectivity index (χ4n) is 1.50. The molecule has 0 radical (unpaired) electrons. The second-order valence-electron chi connectivity index (χ2n) is 4.14. The molecule has 112 valence electrons. The summed E-state index contributed by atoms with van der Waals surface area (Å²) in [5, 5.41) is 5.83. The van der Waals surface area contributed by atoms with Gasteiger partial charge in [0, 0.05) is 46.7 Å². The van der Waals surface area contributed by atoms with Crippen LogP contribution >= 0.6 is 0 Å². The number of amides is 1. The first-order valence-corrected chi connectivity index (χ1v) is 6.61. The molecule has 0 saturated carbocycles. The Morgan fingerprint density at radius 3 is 2.60 bits per heavy atom. The molecule has 20 heavy (non-hydrogen) atoms. The van der Waals surface area contributed by atoms with Crippen LogP contribution in [0, 0.1) is 0 Å². The van der Waals surface area contributed by atoms with E-state index in [4.69, 9.17) is 9.47 Å². The Kier molecular flexibility index (Phi) is 8.25. The summed E-state index contributed by atoms with van der Waals surface area (Å²) in [4.78, 5) is 20.1. The summed E-state index contributed by atoms with van der Waals surface area (Å²) in [5.41, 5.74) is 0.353. The van der Waals surface area contributed by atoms with Gasteiger partial charge in [-0.15, -0.1) is 0 Å². The first-order chi connectivity index (χ1) is 9.77. The first kappa shape index (κ1) is 16.3. The summed E-state index contributed by atoms with van der Waals surface area (Å²) < 4.78 is 9.87. The van der Waals surface area contributed by atoms with Gasteiger partial charge >= 0.3 is 0 Å². The number of rotatable bonds is 10. The number of nitrogens with one attached hydrogen (secondary N) is 2. The van der Waals surface area contributed by atoms with Crippen LogP contribution in [0.25, 0.3) is 0 Å². The summed E-state index contributed by atoms with van der Waals surface area (Å²) in [7, 11) is 3.29. The van der Waals surface area contributed by atoms with E-state index in [0.717, 1.165) is 12.8 Å². The van der Waals surface area contributed by atoms with Crippen LogP contribution in [0.3, 0.4) is 0 Å². The molecular formula is C13H22N4O3. The van der Waals surface area contributed by atoms with Crippen molar-refractivity contribution in [1.82, 2.24) is 15.3 Å². The molecule has 0 aliphatic carbocycles. The molecule has 0 unspecified atom stereocenters. The topological polar surface area (TPSA) is 85.4 Å². The van der Waals surface area contributed by atoms with E-state index in [-0.39, 0.29) is 5.91 Å². The molecule has 1 amide bonds. The van der Waals surface area contributed by atoms with Crippen molar-refractivity contribution in [2.75, 3.05) is 45.8 Å². The quantitative estimate of drug-likeness (QED) is 0.614. The third kappa shape index (κ3) is 6.44. The minimum Gasteiger partial charge on any atom is -0.385 e. The second kappa shape index (κ2) is 10.1. The van der Waals surface area contributed by atoms with Crippen LogP contribution < -0.4 is 10.6 Å². The predicted octanol–water partition coefficient (Wildman–Crippen LogP) is 0.691. The summed E-state index contributed by atoms with van der Waals surface area (Å²) in [5.74, 6) is 0.245. The lowest BCUT2D eigenvalue weighted by atomic mass is 10.3. The lowest BCUT2D eigenvalue weighted by molar-refractivity contribution is 0.0943. The summed E-state index contributed by atoms with van der Waals surface area (Å²) in [6, 6.07) is 1.59. The highest BCUT2D eigenvalue weighted by Gasteiger charge is 2.07. The van der Waals surface area contributed by atoms with Gasteiger partial charge in [0.2, 0.25) is 5.95 Å². The third-order valence-electron chi connectivity index (χ3n) is 2.51. The highest BCUT2D eigenvalue weighted by molar-refractivity contribution is 5.92. The standard InChI is InChI=1S/C13H22N4O3/c1-19-9-3-6-14-12(18)11-5-8-16-13(17-11)15-7-4-10-20-2/h5,8H,3-4,6-7,9-10H2,1-2H3,(H,14,18)(H,15,16,17). The van der Waals surface area contributed by atoms with Crippen molar-refractivity contribution in [2.24, 2.45) is 0 Å². The van der Waals surface area contributed by atoms with Crippen LogP contribution in [0.5, 0.6) is 0 Å². The van der Waals surface area contributed by atoms with Crippen LogP contribution in [0.1, 0.15) is 23.3 Å². The fraction of sp³-hybridized carbons (Fsp3) is 0.615. The van der Waals surface area contributed by atoms with Crippen molar-refractivity contribution in [3.05, 3.63) is 18.0 Å². The maximum Gasteiger partial charge on any atom is 0.270 e. The number of ether oxygens (including phenoxy) is 2. The normalized spacial score (nSPS) is 10.3. The van der Waals surface area contributed by atoms with Gasteiger partial charge in [-0.1, -0.05) is 0 Å². The number of methoxy groups -OCH3 is 2. The summed E-state index contributed by atoms with van der Waals surface area (Å²) >= 11 is 0. The minimum atomic E-state index is -0.205. The molecule has 1 rings (SSSR count). The van der Waals surface area contributed by atoms with Gasteiger partial charge < -0.3 is 20.1 Å². The van der Waals surface area contributed by atoms with Gasteiger partial charge in [-0.2, -0.15) is 0 Å². The lowest BCUT2D eigenvalue weighted by Crippen LogP contribution is -2.26. The number of carbonyl (C=O) groups is 1. The van der Waals surface area contributed by atoms with Gasteiger partial charge in [-0.25, -0.2) is 9.97 Å². The zero-order chi connectivity index (χ0) is 14.6. The molecule has 0 spiro atoms. The third-order valence-corrected chi connectivity index (χ3v) is 2.51. The van der Waals surface area contributed by atoms with Gasteiger partial charge in [0.05, 0.1) is 0 Å². The van der Waals surface area contributed by atoms with Gasteiger partial charge in [0.15, 0.2) is 0 Å². The number of aromatic nitrogens is 2. The molecule has 0 bridgehead atoms. The molecule has 1 aromatic heterocycles. The molecule has 0 aliphatic rings. The molecule has 7 heteroatoms. The maximum absolute atomic E-state index is 11.8. The molecule has 0 aromatic carbocycles. The Morgan fingerprint density at radius 2 is 1.90 bits per heavy atom. The SMILES string of the molecule is COCCCNC(=O)c1ccnc(NCCCOC)n1. The second-order valence-corrected chi connectivity index (χ2v) is 4.14. The van der Waals surface area contributed by atoms with Crippen molar-refractivity contribution in [1.29, 1.82) is 0 Å². The van der Waals surface area contributed by atoms with Crippen LogP contribution in [0.15, 0.2) is 12.3 Å². The largest absolute Gasteiger partial charge is 0.385 e. The lowest BCUT2D eigenvalue weighted by Gasteiger charge is -2.07. The molecule has 2 N–H and O–H groups in total. The monoisotopic (exact) mass is 282 g/mol. The Bertz CT molecular complexity index is 401. The van der Waals surface area contributed by atoms with Gasteiger partial charge in [-0.3, -0.25) is 4.79 Å². The number of hydrogen-bond acceptors (Lipinski definition) is 6. The minimum absolute atomic E-state index is 0.205. The summed E-state index contributed by atoms with van der Waals surface area (Å²) in [6.45, 7) is 2.56. The first-order valence-electron chi connectivity index (χ1n) is 6.61. The molecule has 0 aliphatic heterocycles. The highest BCUT2D eigenvalue weighted by atomic mass is 16.5. The van der Waals surface area contributed by atoms with Crippen molar-refractivity contribution in [3.8, 4) is 0 Å². The van der Waals surface area contributed by atoms with Gasteiger partial charge in [0.25, 0.3) is 5.91 Å². The summed E-state index contributed by atoms with van der Waals surface area (Å²) in [6.07, 6.45) is 3.19. The number of anilines is 1. The Labute approximate surface area is 119 Å². The van der Waals surface area contributed by atoms with E-state index in [1.54, 1.807) is 26.5 Å². The zero-order valence-corrected chi connectivity index (χ0v) is 12.0. The molecule has 1 aromatic rings. The Hall–Kier alpha value is -1.73. The number of carbonyl (C=O) groups excluding carboxylic acids is 1. The van der Waals surface area contributed by atoms with Crippen molar-refractivity contribution in [3.63, 3.8) is 0 Å². The van der Waals surface area contributed by atoms with Crippen LogP contribution in [0.2, 0.25) is 0 Å². The van der Waals surface area contributed by atoms with Crippen molar-refractivity contribution >= 4 is 11.9 Å². The van der Waals surface area contributed by atoms with E-state index in [1.165, 1.54) is 0 Å². The molecule has 1 heterocycles. The zero-order valence-electron chi connectivity index (χ0n) is 12.0. The van der Waals surface area contributed by atoms with Crippen LogP contribution in [0.4, 0.5) is 5.95 Å². The Morgan fingerprint density at radius 1 is 1.20 bits per heavy atom. The maximum atomic E-state index is 11.8. The van der Waals surface area contributed by atoms with Crippen LogP contribution in [-0.4, -0.2) is 56.4 Å². The average Bonchev–Trinajstić information content (AvgIpc) is 2.48. The van der Waals surface area contributed by atoms with Crippen molar-refractivity contribution < 1.29 is 14.3 Å². The van der Waals surface area contributed by atoms with E-state index < -0.39 is 0 Å². The van der Waals surface area contributed by atoms with E-state index in [2.05, 4.69) is 20.6 Å². The van der Waals surface area contributed by atoms with E-state index in [0.29, 0.717) is 37.9 Å². The highest BCUT2D eigenvalue weighted by Crippen LogP contribution is 2.00. The molecule has 0 saturated heterocycles. The van der Waals surface area contributed by atoms with Crippen molar-refractivity contribution in [2.45, 2.75) is 12.8 Å². The van der Waals surface area contributed by atoms with E-state index in [1.807, 2.05) is 0 Å². The Balaban J connectivity index is 2.39. The number of nitrogens with zero attached hydrogens (tertiary/aromatic N) is 2. The molecule has 7 nitrogen and oxygen atoms in total. The molecule has 0 fully saturated rings. The van der Waals surface area contributed by atoms with Gasteiger partial charge in [0.1, 0.15) is 5.69 Å². The van der Waals surface area contributed by atoms with Crippen LogP contribution in [-0.2, 0) is 9.47 Å². The average molecular weight is 282 g/mol. The van der Waals surface area contributed by atoms with E-state index in [9.17, 15) is 4.79 Å². The number of hydrogen-bond donors (Lipinski definition) is 2. The molecular weight excluding hydrogens is 260 g/mol. The predicted molar refractivity (Wildman–Crippen MR) is 75.8 cm³/mol. The fourth-order valence-corrected chi connectivity index (χ4v) is 1.50. The molecule has 0 atom stereocenters. The van der Waals surface area contributed by atoms with Gasteiger partial charge in [-0.05, 0) is 18.9 Å². The smallest absolute Gasteiger partial charge is 0.270 e. The van der Waals surface area contributed by atoms with E-state index >= 15 is 0 Å².